The lowest BCUT2D eigenvalue weighted by Crippen LogP contribution is -2.01. The van der Waals surface area contributed by atoms with Gasteiger partial charge in [0.2, 0.25) is 0 Å². The molecular weight excluding hydrogens is 253 g/mol. The van der Waals surface area contributed by atoms with Gasteiger partial charge in [0.05, 0.1) is 22.2 Å². The molecule has 0 unspecified atom stereocenters. The maximum atomic E-state index is 13.6. The van der Waals surface area contributed by atoms with Crippen molar-refractivity contribution in [3.63, 3.8) is 0 Å². The van der Waals surface area contributed by atoms with Crippen molar-refractivity contribution in [1.82, 2.24) is 10.1 Å². The zero-order valence-corrected chi connectivity index (χ0v) is 9.77. The molecule has 96 valence electrons. The first-order valence-corrected chi connectivity index (χ1v) is 5.37. The molecule has 0 amide bonds. The monoisotopic (exact) mass is 261 g/mol. The highest BCUT2D eigenvalue weighted by atomic mass is 19.1. The summed E-state index contributed by atoms with van der Waals surface area (Å²) in [4.78, 5) is 15.0. The van der Waals surface area contributed by atoms with Crippen LogP contribution in [0.3, 0.4) is 0 Å². The number of nitrogen functional groups attached to an aromatic ring is 1. The fourth-order valence-corrected chi connectivity index (χ4v) is 2.04. The van der Waals surface area contributed by atoms with E-state index in [1.54, 1.807) is 6.92 Å². The molecule has 1 aromatic carbocycles. The summed E-state index contributed by atoms with van der Waals surface area (Å²) >= 11 is 0. The number of carbonyl (C=O) groups is 1. The summed E-state index contributed by atoms with van der Waals surface area (Å²) in [5.41, 5.74) is 6.39. The molecule has 0 spiro atoms. The highest BCUT2D eigenvalue weighted by Crippen LogP contribution is 2.31. The van der Waals surface area contributed by atoms with Gasteiger partial charge in [-0.1, -0.05) is 5.16 Å². The molecule has 2 aromatic heterocycles. The van der Waals surface area contributed by atoms with Crippen molar-refractivity contribution in [1.29, 1.82) is 0 Å². The van der Waals surface area contributed by atoms with Gasteiger partial charge in [0, 0.05) is 11.5 Å². The van der Waals surface area contributed by atoms with Crippen LogP contribution in [0.5, 0.6) is 0 Å². The topological polar surface area (TPSA) is 102 Å². The van der Waals surface area contributed by atoms with Gasteiger partial charge in [0.25, 0.3) is 0 Å². The van der Waals surface area contributed by atoms with Crippen LogP contribution in [0.4, 0.5) is 10.2 Å². The second-order valence-corrected chi connectivity index (χ2v) is 4.12. The van der Waals surface area contributed by atoms with Gasteiger partial charge in [0.15, 0.2) is 5.58 Å². The molecule has 0 fully saturated rings. The number of pyridine rings is 1. The second-order valence-electron chi connectivity index (χ2n) is 4.12. The summed E-state index contributed by atoms with van der Waals surface area (Å²) in [7, 11) is 0. The molecule has 0 aliphatic heterocycles. The number of hydrogen-bond donors (Lipinski definition) is 2. The van der Waals surface area contributed by atoms with Crippen LogP contribution in [-0.2, 0) is 0 Å². The average Bonchev–Trinajstić information content (AvgIpc) is 2.71. The molecule has 3 aromatic rings. The fraction of sp³-hybridized carbons (Fsp3) is 0.0833. The summed E-state index contributed by atoms with van der Waals surface area (Å²) in [6, 6.07) is 2.19. The molecule has 0 aliphatic rings. The Morgan fingerprint density at radius 2 is 2.21 bits per heavy atom. The van der Waals surface area contributed by atoms with E-state index >= 15 is 0 Å². The van der Waals surface area contributed by atoms with E-state index in [0.717, 1.165) is 6.07 Å². The number of nitrogens with two attached hydrogens (primary N) is 1. The molecule has 6 nitrogen and oxygen atoms in total. The lowest BCUT2D eigenvalue weighted by molar-refractivity contribution is 0.0692. The van der Waals surface area contributed by atoms with Gasteiger partial charge in [0.1, 0.15) is 11.6 Å². The number of carboxylic acid groups (broad SMARTS) is 1. The van der Waals surface area contributed by atoms with Crippen LogP contribution < -0.4 is 5.73 Å². The number of aryl methyl sites for hydroxylation is 1. The van der Waals surface area contributed by atoms with Gasteiger partial charge in [-0.2, -0.15) is 0 Å². The first-order chi connectivity index (χ1) is 8.99. The number of hydrogen-bond acceptors (Lipinski definition) is 5. The first kappa shape index (κ1) is 11.4. The van der Waals surface area contributed by atoms with Crippen molar-refractivity contribution in [2.75, 3.05) is 5.73 Å². The average molecular weight is 261 g/mol. The minimum absolute atomic E-state index is 0.170. The largest absolute Gasteiger partial charge is 0.478 e. The standard InChI is InChI=1S/C12H8FN3O3/c1-4-9-10(19-16-4)6-2-5(12(17)18)7(13)3-8(6)15-11(9)14/h2-3H,1H3,(H2,14,15)(H,17,18). The zero-order chi connectivity index (χ0) is 13.7. The van der Waals surface area contributed by atoms with Crippen molar-refractivity contribution >= 4 is 33.7 Å². The Bertz CT molecular complexity index is 841. The van der Waals surface area contributed by atoms with Crippen LogP contribution >= 0.6 is 0 Å². The van der Waals surface area contributed by atoms with Crippen LogP contribution in [0.2, 0.25) is 0 Å². The molecule has 3 N–H and O–H groups in total. The third-order valence-corrected chi connectivity index (χ3v) is 2.92. The van der Waals surface area contributed by atoms with Crippen LogP contribution in [-0.4, -0.2) is 21.2 Å². The van der Waals surface area contributed by atoms with Crippen molar-refractivity contribution in [2.45, 2.75) is 6.92 Å². The summed E-state index contributed by atoms with van der Waals surface area (Å²) in [5.74, 6) is -2.06. The van der Waals surface area contributed by atoms with Gasteiger partial charge < -0.3 is 15.4 Å². The molecule has 2 heterocycles. The SMILES string of the molecule is Cc1noc2c1c(N)nc1cc(F)c(C(=O)O)cc12. The highest BCUT2D eigenvalue weighted by molar-refractivity contribution is 6.09. The van der Waals surface area contributed by atoms with E-state index in [1.807, 2.05) is 0 Å². The maximum absolute atomic E-state index is 13.6. The fourth-order valence-electron chi connectivity index (χ4n) is 2.04. The Hall–Kier alpha value is -2.70. The van der Waals surface area contributed by atoms with E-state index < -0.39 is 17.3 Å². The first-order valence-electron chi connectivity index (χ1n) is 5.37. The zero-order valence-electron chi connectivity index (χ0n) is 9.77. The van der Waals surface area contributed by atoms with E-state index in [2.05, 4.69) is 10.1 Å². The number of nitrogens with zero attached hydrogens (tertiary/aromatic N) is 2. The molecular formula is C12H8FN3O3. The summed E-state index contributed by atoms with van der Waals surface area (Å²) in [5, 5.41) is 13.6. The number of benzene rings is 1. The Balaban J connectivity index is 2.53. The minimum Gasteiger partial charge on any atom is -0.478 e. The van der Waals surface area contributed by atoms with Crippen molar-refractivity contribution in [2.24, 2.45) is 0 Å². The third kappa shape index (κ3) is 1.51. The Morgan fingerprint density at radius 3 is 2.89 bits per heavy atom. The lowest BCUT2D eigenvalue weighted by atomic mass is 10.1. The second kappa shape index (κ2) is 3.64. The van der Waals surface area contributed by atoms with Crippen molar-refractivity contribution in [3.8, 4) is 0 Å². The number of carboxylic acids is 1. The van der Waals surface area contributed by atoms with E-state index in [-0.39, 0.29) is 11.3 Å². The highest BCUT2D eigenvalue weighted by Gasteiger charge is 2.18. The number of aromatic nitrogens is 2. The Morgan fingerprint density at radius 1 is 1.47 bits per heavy atom. The molecule has 3 rings (SSSR count). The molecule has 0 bridgehead atoms. The summed E-state index contributed by atoms with van der Waals surface area (Å²) in [6.45, 7) is 1.69. The van der Waals surface area contributed by atoms with E-state index in [4.69, 9.17) is 15.4 Å². The van der Waals surface area contributed by atoms with Gasteiger partial charge in [-0.25, -0.2) is 14.2 Å². The van der Waals surface area contributed by atoms with Crippen LogP contribution in [0.1, 0.15) is 16.1 Å². The summed E-state index contributed by atoms with van der Waals surface area (Å²) < 4.78 is 18.7. The van der Waals surface area contributed by atoms with Gasteiger partial charge >= 0.3 is 5.97 Å². The Labute approximate surface area is 105 Å². The molecule has 0 aliphatic carbocycles. The normalized spacial score (nSPS) is 11.3. The van der Waals surface area contributed by atoms with Gasteiger partial charge in [-0.15, -0.1) is 0 Å². The van der Waals surface area contributed by atoms with Crippen LogP contribution in [0, 0.1) is 12.7 Å². The van der Waals surface area contributed by atoms with Crippen LogP contribution in [0.15, 0.2) is 16.7 Å². The predicted octanol–water partition coefficient (Wildman–Crippen LogP) is 2.10. The van der Waals surface area contributed by atoms with E-state index in [0.29, 0.717) is 22.0 Å². The number of rotatable bonds is 1. The summed E-state index contributed by atoms with van der Waals surface area (Å²) in [6.07, 6.45) is 0. The van der Waals surface area contributed by atoms with Crippen molar-refractivity contribution < 1.29 is 18.8 Å². The predicted molar refractivity (Wildman–Crippen MR) is 65.4 cm³/mol. The smallest absolute Gasteiger partial charge is 0.338 e. The third-order valence-electron chi connectivity index (χ3n) is 2.92. The number of aromatic carboxylic acids is 1. The molecule has 0 atom stereocenters. The minimum atomic E-state index is -1.36. The number of halogens is 1. The van der Waals surface area contributed by atoms with Gasteiger partial charge in [-0.3, -0.25) is 0 Å². The quantitative estimate of drug-likeness (QED) is 0.695. The molecule has 7 heteroatoms. The molecule has 0 radical (unpaired) electrons. The Kier molecular flexibility index (Phi) is 2.19. The molecule has 19 heavy (non-hydrogen) atoms. The number of fused-ring (bicyclic) bond motifs is 3. The van der Waals surface area contributed by atoms with Gasteiger partial charge in [-0.05, 0) is 13.0 Å². The van der Waals surface area contributed by atoms with Crippen molar-refractivity contribution in [3.05, 3.63) is 29.2 Å². The van der Waals surface area contributed by atoms with Crippen LogP contribution in [0.25, 0.3) is 21.9 Å². The molecule has 0 saturated heterocycles. The lowest BCUT2D eigenvalue weighted by Gasteiger charge is -2.03. The van der Waals surface area contributed by atoms with E-state index in [9.17, 15) is 9.18 Å². The van der Waals surface area contributed by atoms with E-state index in [1.165, 1.54) is 6.07 Å². The number of anilines is 1. The maximum Gasteiger partial charge on any atom is 0.338 e. The molecule has 0 saturated carbocycles.